The molecule has 1 saturated heterocycles. The number of hydrogen-bond donors (Lipinski definition) is 3. The molecule has 2 heterocycles. The van der Waals surface area contributed by atoms with Gasteiger partial charge in [-0.1, -0.05) is 36.4 Å². The predicted molar refractivity (Wildman–Crippen MR) is 90.2 cm³/mol. The van der Waals surface area contributed by atoms with Crippen molar-refractivity contribution in [1.82, 2.24) is 9.88 Å². The first kappa shape index (κ1) is 16.4. The van der Waals surface area contributed by atoms with Gasteiger partial charge in [0.25, 0.3) is 0 Å². The molecule has 3 rings (SSSR count). The molecule has 2 aromatic rings. The molecule has 0 aliphatic carbocycles. The minimum Gasteiger partial charge on any atom is -0.480 e. The van der Waals surface area contributed by atoms with Crippen LogP contribution in [-0.2, 0) is 10.4 Å². The molecule has 6 heteroatoms. The van der Waals surface area contributed by atoms with Gasteiger partial charge in [-0.2, -0.15) is 0 Å². The van der Waals surface area contributed by atoms with Crippen LogP contribution in [0.25, 0.3) is 0 Å². The van der Waals surface area contributed by atoms with E-state index in [0.29, 0.717) is 37.3 Å². The molecule has 1 aliphatic rings. The number of nitrogens with zero attached hydrogens (tertiary/aromatic N) is 2. The van der Waals surface area contributed by atoms with Crippen LogP contribution < -0.4 is 5.73 Å². The van der Waals surface area contributed by atoms with Gasteiger partial charge in [-0.05, 0) is 30.0 Å². The van der Waals surface area contributed by atoms with Crippen LogP contribution in [0.5, 0.6) is 0 Å². The summed E-state index contributed by atoms with van der Waals surface area (Å²) < 4.78 is 0. The highest BCUT2D eigenvalue weighted by Crippen LogP contribution is 2.35. The third kappa shape index (κ3) is 3.25. The average molecular weight is 327 g/mol. The van der Waals surface area contributed by atoms with Crippen molar-refractivity contribution in [3.05, 3.63) is 59.8 Å². The zero-order valence-corrected chi connectivity index (χ0v) is 13.3. The molecule has 24 heavy (non-hydrogen) atoms. The first-order valence-electron chi connectivity index (χ1n) is 7.96. The van der Waals surface area contributed by atoms with Crippen molar-refractivity contribution < 1.29 is 15.0 Å². The van der Waals surface area contributed by atoms with Crippen LogP contribution in [0.3, 0.4) is 0 Å². The first-order chi connectivity index (χ1) is 11.5. The summed E-state index contributed by atoms with van der Waals surface area (Å²) >= 11 is 0. The van der Waals surface area contributed by atoms with Gasteiger partial charge in [-0.15, -0.1) is 0 Å². The lowest BCUT2D eigenvalue weighted by molar-refractivity contribution is -0.146. The van der Waals surface area contributed by atoms with Crippen LogP contribution in [0.1, 0.15) is 30.0 Å². The highest BCUT2D eigenvalue weighted by atomic mass is 16.4. The van der Waals surface area contributed by atoms with E-state index in [2.05, 4.69) is 4.98 Å². The zero-order chi connectivity index (χ0) is 17.2. The van der Waals surface area contributed by atoms with E-state index in [1.165, 1.54) is 6.20 Å². The van der Waals surface area contributed by atoms with E-state index in [1.54, 1.807) is 12.1 Å². The topological polar surface area (TPSA) is 99.7 Å². The quantitative estimate of drug-likeness (QED) is 0.791. The maximum atomic E-state index is 11.8. The van der Waals surface area contributed by atoms with E-state index < -0.39 is 17.6 Å². The van der Waals surface area contributed by atoms with E-state index in [0.717, 1.165) is 5.56 Å². The Morgan fingerprint density at radius 2 is 1.83 bits per heavy atom. The Balaban J connectivity index is 1.76. The van der Waals surface area contributed by atoms with Gasteiger partial charge in [0.2, 0.25) is 0 Å². The van der Waals surface area contributed by atoms with E-state index in [1.807, 2.05) is 35.2 Å². The van der Waals surface area contributed by atoms with Gasteiger partial charge in [0.05, 0.1) is 5.60 Å². The smallest absolute Gasteiger partial charge is 0.325 e. The Bertz CT molecular complexity index is 695. The van der Waals surface area contributed by atoms with Gasteiger partial charge < -0.3 is 15.9 Å². The highest BCUT2D eigenvalue weighted by Gasteiger charge is 2.38. The second kappa shape index (κ2) is 6.59. The normalized spacial score (nSPS) is 18.9. The number of nitrogen functional groups attached to an aromatic ring is 1. The van der Waals surface area contributed by atoms with Crippen molar-refractivity contribution in [3.8, 4) is 0 Å². The van der Waals surface area contributed by atoms with Crippen molar-refractivity contribution in [2.75, 3.05) is 18.8 Å². The summed E-state index contributed by atoms with van der Waals surface area (Å²) in [6, 6.07) is 12.1. The second-order valence-corrected chi connectivity index (χ2v) is 6.19. The number of benzene rings is 1. The third-order valence-corrected chi connectivity index (χ3v) is 4.66. The summed E-state index contributed by atoms with van der Waals surface area (Å²) in [7, 11) is 0. The predicted octanol–water partition coefficient (Wildman–Crippen LogP) is 1.77. The molecule has 1 aliphatic heterocycles. The number of carboxylic acid groups (broad SMARTS) is 1. The molecule has 4 N–H and O–H groups in total. The molecule has 0 spiro atoms. The Morgan fingerprint density at radius 3 is 2.38 bits per heavy atom. The fourth-order valence-corrected chi connectivity index (χ4v) is 3.28. The molecule has 0 amide bonds. The fourth-order valence-electron chi connectivity index (χ4n) is 3.28. The molecule has 0 bridgehead atoms. The number of aromatic nitrogens is 1. The molecule has 6 nitrogen and oxygen atoms in total. The summed E-state index contributed by atoms with van der Waals surface area (Å²) in [5, 5.41) is 20.5. The summed E-state index contributed by atoms with van der Waals surface area (Å²) in [4.78, 5) is 17.6. The van der Waals surface area contributed by atoms with Crippen LogP contribution in [0.4, 0.5) is 5.82 Å². The molecule has 0 radical (unpaired) electrons. The lowest BCUT2D eigenvalue weighted by atomic mass is 9.84. The second-order valence-electron chi connectivity index (χ2n) is 6.19. The maximum Gasteiger partial charge on any atom is 0.325 e. The van der Waals surface area contributed by atoms with Crippen LogP contribution in [0, 0.1) is 0 Å². The summed E-state index contributed by atoms with van der Waals surface area (Å²) in [6.07, 6.45) is 2.48. The molecule has 126 valence electrons. The minimum atomic E-state index is -0.924. The number of hydrogen-bond acceptors (Lipinski definition) is 5. The van der Waals surface area contributed by atoms with Crippen LogP contribution in [0.2, 0.25) is 0 Å². The van der Waals surface area contributed by atoms with Crippen molar-refractivity contribution in [2.45, 2.75) is 24.5 Å². The molecule has 1 atom stereocenters. The molecular formula is C18H21N3O3. The third-order valence-electron chi connectivity index (χ3n) is 4.66. The number of nitrogens with two attached hydrogens (primary N) is 1. The largest absolute Gasteiger partial charge is 0.480 e. The van der Waals surface area contributed by atoms with Gasteiger partial charge >= 0.3 is 5.97 Å². The van der Waals surface area contributed by atoms with Crippen molar-refractivity contribution in [2.24, 2.45) is 0 Å². The first-order valence-corrected chi connectivity index (χ1v) is 7.96. The number of piperidine rings is 1. The molecule has 1 aromatic carbocycles. The maximum absolute atomic E-state index is 11.8. The number of carboxylic acids is 1. The highest BCUT2D eigenvalue weighted by molar-refractivity contribution is 5.75. The SMILES string of the molecule is Nc1ccc(C(C(=O)O)N2CCC(O)(c3ccccc3)CC2)cn1. The summed E-state index contributed by atoms with van der Waals surface area (Å²) in [5.74, 6) is -0.563. The fraction of sp³-hybridized carbons (Fsp3) is 0.333. The Morgan fingerprint density at radius 1 is 1.17 bits per heavy atom. The number of rotatable bonds is 4. The molecule has 1 unspecified atom stereocenters. The monoisotopic (exact) mass is 327 g/mol. The number of carbonyl (C=O) groups is 1. The lowest BCUT2D eigenvalue weighted by Gasteiger charge is -2.40. The number of pyridine rings is 1. The molecule has 1 aromatic heterocycles. The summed E-state index contributed by atoms with van der Waals surface area (Å²) in [5.41, 5.74) is 6.15. The van der Waals surface area contributed by atoms with E-state index in [-0.39, 0.29) is 0 Å². The molecule has 1 fully saturated rings. The minimum absolute atomic E-state index is 0.361. The van der Waals surface area contributed by atoms with Gasteiger partial charge in [0.15, 0.2) is 0 Å². The number of aliphatic hydroxyl groups is 1. The zero-order valence-electron chi connectivity index (χ0n) is 13.3. The Labute approximate surface area is 140 Å². The van der Waals surface area contributed by atoms with Crippen LogP contribution in [0.15, 0.2) is 48.7 Å². The number of aliphatic carboxylic acids is 1. The van der Waals surface area contributed by atoms with Gasteiger partial charge in [0.1, 0.15) is 11.9 Å². The van der Waals surface area contributed by atoms with Gasteiger partial charge in [0, 0.05) is 19.3 Å². The van der Waals surface area contributed by atoms with E-state index in [4.69, 9.17) is 5.73 Å². The van der Waals surface area contributed by atoms with Crippen molar-refractivity contribution in [3.63, 3.8) is 0 Å². The average Bonchev–Trinajstić information content (AvgIpc) is 2.59. The van der Waals surface area contributed by atoms with Gasteiger partial charge in [-0.3, -0.25) is 9.69 Å². The van der Waals surface area contributed by atoms with Crippen molar-refractivity contribution in [1.29, 1.82) is 0 Å². The standard InChI is InChI=1S/C18H21N3O3/c19-15-7-6-13(12-20-15)16(17(22)23)21-10-8-18(24,9-11-21)14-4-2-1-3-5-14/h1-7,12,16,24H,8-11H2,(H2,19,20)(H,22,23). The van der Waals surface area contributed by atoms with Crippen LogP contribution >= 0.6 is 0 Å². The van der Waals surface area contributed by atoms with Crippen molar-refractivity contribution >= 4 is 11.8 Å². The molecular weight excluding hydrogens is 306 g/mol. The van der Waals surface area contributed by atoms with E-state index >= 15 is 0 Å². The van der Waals surface area contributed by atoms with Gasteiger partial charge in [-0.25, -0.2) is 4.98 Å². The van der Waals surface area contributed by atoms with E-state index in [9.17, 15) is 15.0 Å². The summed E-state index contributed by atoms with van der Waals surface area (Å²) in [6.45, 7) is 0.986. The Kier molecular flexibility index (Phi) is 4.51. The van der Waals surface area contributed by atoms with Crippen LogP contribution in [-0.4, -0.2) is 39.2 Å². The number of likely N-dealkylation sites (tertiary alicyclic amines) is 1. The molecule has 0 saturated carbocycles. The number of anilines is 1. The lowest BCUT2D eigenvalue weighted by Crippen LogP contribution is -2.46. The Hall–Kier alpha value is -2.44.